The minimum Gasteiger partial charge on any atom is -0.389 e. The van der Waals surface area contributed by atoms with E-state index in [0.29, 0.717) is 5.56 Å². The van der Waals surface area contributed by atoms with E-state index in [4.69, 9.17) is 29.6 Å². The van der Waals surface area contributed by atoms with Crippen LogP contribution < -0.4 is 11.1 Å². The zero-order valence-corrected chi connectivity index (χ0v) is 11.9. The molecule has 20 heavy (non-hydrogen) atoms. The number of carbonyl (C=O) groups is 1. The van der Waals surface area contributed by atoms with Crippen molar-refractivity contribution in [2.45, 2.75) is 0 Å². The van der Waals surface area contributed by atoms with Gasteiger partial charge in [-0.2, -0.15) is 5.10 Å². The van der Waals surface area contributed by atoms with Crippen molar-refractivity contribution < 1.29 is 9.18 Å². The fraction of sp³-hybridized carbons (Fsp3) is 0.0833. The van der Waals surface area contributed by atoms with Crippen LogP contribution in [0.1, 0.15) is 15.9 Å². The SMILES string of the molecule is Cn1ncc(C(N)=S)c1NC(=O)c1c(F)cccc1Cl. The number of hydrogen-bond donors (Lipinski definition) is 2. The largest absolute Gasteiger partial charge is 0.389 e. The van der Waals surface area contributed by atoms with E-state index in [1.165, 1.54) is 23.0 Å². The lowest BCUT2D eigenvalue weighted by Crippen LogP contribution is -2.20. The lowest BCUT2D eigenvalue weighted by molar-refractivity contribution is 0.102. The van der Waals surface area contributed by atoms with Gasteiger partial charge in [0.2, 0.25) is 0 Å². The highest BCUT2D eigenvalue weighted by Gasteiger charge is 2.19. The average molecular weight is 313 g/mol. The van der Waals surface area contributed by atoms with E-state index in [9.17, 15) is 9.18 Å². The molecule has 1 aromatic carbocycles. The van der Waals surface area contributed by atoms with Crippen molar-refractivity contribution in [1.82, 2.24) is 9.78 Å². The maximum absolute atomic E-state index is 13.7. The van der Waals surface area contributed by atoms with E-state index in [1.54, 1.807) is 7.05 Å². The number of nitrogens with zero attached hydrogens (tertiary/aromatic N) is 2. The molecule has 1 aromatic heterocycles. The molecule has 0 aliphatic carbocycles. The summed E-state index contributed by atoms with van der Waals surface area (Å²) >= 11 is 10.7. The van der Waals surface area contributed by atoms with Gasteiger partial charge in [0.25, 0.3) is 5.91 Å². The van der Waals surface area contributed by atoms with Crippen molar-refractivity contribution in [3.63, 3.8) is 0 Å². The summed E-state index contributed by atoms with van der Waals surface area (Å²) in [6.45, 7) is 0. The highest BCUT2D eigenvalue weighted by atomic mass is 35.5. The van der Waals surface area contributed by atoms with Crippen LogP contribution in [0, 0.1) is 5.82 Å². The Hall–Kier alpha value is -1.99. The van der Waals surface area contributed by atoms with E-state index in [2.05, 4.69) is 10.4 Å². The molecule has 1 amide bonds. The van der Waals surface area contributed by atoms with Gasteiger partial charge in [-0.3, -0.25) is 9.48 Å². The molecular formula is C12H10ClFN4OS. The first-order valence-corrected chi connectivity index (χ1v) is 6.27. The maximum Gasteiger partial charge on any atom is 0.261 e. The second kappa shape index (κ2) is 5.56. The normalized spacial score (nSPS) is 10.3. The third-order valence-corrected chi connectivity index (χ3v) is 3.16. The van der Waals surface area contributed by atoms with Crippen LogP contribution in [0.15, 0.2) is 24.4 Å². The first-order valence-electron chi connectivity index (χ1n) is 5.49. The van der Waals surface area contributed by atoms with Gasteiger partial charge >= 0.3 is 0 Å². The second-order valence-electron chi connectivity index (χ2n) is 3.95. The number of aromatic nitrogens is 2. The number of hydrogen-bond acceptors (Lipinski definition) is 3. The van der Waals surface area contributed by atoms with Crippen molar-refractivity contribution in [2.75, 3.05) is 5.32 Å². The zero-order valence-electron chi connectivity index (χ0n) is 10.4. The topological polar surface area (TPSA) is 72.9 Å². The molecule has 0 atom stereocenters. The third kappa shape index (κ3) is 2.63. The first-order chi connectivity index (χ1) is 9.41. The zero-order chi connectivity index (χ0) is 14.9. The van der Waals surface area contributed by atoms with E-state index in [0.717, 1.165) is 6.07 Å². The number of anilines is 1. The Morgan fingerprint density at radius 2 is 2.25 bits per heavy atom. The molecule has 0 aliphatic rings. The summed E-state index contributed by atoms with van der Waals surface area (Å²) in [5, 5.41) is 6.46. The Kier molecular flexibility index (Phi) is 4.01. The lowest BCUT2D eigenvalue weighted by atomic mass is 10.2. The van der Waals surface area contributed by atoms with Gasteiger partial charge in [-0.1, -0.05) is 29.9 Å². The Balaban J connectivity index is 2.38. The lowest BCUT2D eigenvalue weighted by Gasteiger charge is -2.09. The Bertz CT molecular complexity index is 681. The highest BCUT2D eigenvalue weighted by Crippen LogP contribution is 2.21. The molecule has 2 rings (SSSR count). The third-order valence-electron chi connectivity index (χ3n) is 2.63. The summed E-state index contributed by atoms with van der Waals surface area (Å²) in [4.78, 5) is 12.2. The molecule has 0 saturated carbocycles. The van der Waals surface area contributed by atoms with E-state index in [-0.39, 0.29) is 21.4 Å². The Labute approximate surface area is 124 Å². The van der Waals surface area contributed by atoms with Gasteiger partial charge in [0, 0.05) is 7.05 Å². The van der Waals surface area contributed by atoms with Gasteiger partial charge in [-0.15, -0.1) is 0 Å². The minimum atomic E-state index is -0.714. The summed E-state index contributed by atoms with van der Waals surface area (Å²) in [7, 11) is 1.60. The van der Waals surface area contributed by atoms with Gasteiger partial charge in [0.15, 0.2) is 0 Å². The molecule has 3 N–H and O–H groups in total. The average Bonchev–Trinajstić information content (AvgIpc) is 2.71. The van der Waals surface area contributed by atoms with Crippen LogP contribution in [0.4, 0.5) is 10.2 Å². The number of carbonyl (C=O) groups excluding carboxylic acids is 1. The van der Waals surface area contributed by atoms with E-state index >= 15 is 0 Å². The molecule has 104 valence electrons. The molecule has 8 heteroatoms. The number of amides is 1. The molecule has 1 heterocycles. The molecule has 0 spiro atoms. The summed E-state index contributed by atoms with van der Waals surface area (Å²) in [6.07, 6.45) is 1.42. The fourth-order valence-electron chi connectivity index (χ4n) is 1.65. The van der Waals surface area contributed by atoms with Crippen molar-refractivity contribution in [2.24, 2.45) is 12.8 Å². The summed E-state index contributed by atoms with van der Waals surface area (Å²) in [6, 6.07) is 3.99. The molecule has 0 radical (unpaired) electrons. The molecule has 2 aromatic rings. The van der Waals surface area contributed by atoms with Crippen LogP contribution in [0.3, 0.4) is 0 Å². The van der Waals surface area contributed by atoms with E-state index in [1.807, 2.05) is 0 Å². The number of rotatable bonds is 3. The number of benzene rings is 1. The second-order valence-corrected chi connectivity index (χ2v) is 4.79. The fourth-order valence-corrected chi connectivity index (χ4v) is 2.05. The Morgan fingerprint density at radius 3 is 2.85 bits per heavy atom. The maximum atomic E-state index is 13.7. The van der Waals surface area contributed by atoms with Gasteiger partial charge in [-0.05, 0) is 12.1 Å². The van der Waals surface area contributed by atoms with Crippen molar-refractivity contribution >= 4 is 40.5 Å². The van der Waals surface area contributed by atoms with Crippen molar-refractivity contribution in [1.29, 1.82) is 0 Å². The summed E-state index contributed by atoms with van der Waals surface area (Å²) in [5.74, 6) is -1.13. The van der Waals surface area contributed by atoms with Gasteiger partial charge in [0.1, 0.15) is 16.6 Å². The molecule has 0 bridgehead atoms. The van der Waals surface area contributed by atoms with Crippen molar-refractivity contribution in [3.05, 3.63) is 46.4 Å². The van der Waals surface area contributed by atoms with Crippen LogP contribution >= 0.6 is 23.8 Å². The Morgan fingerprint density at radius 1 is 1.55 bits per heavy atom. The van der Waals surface area contributed by atoms with Gasteiger partial charge in [-0.25, -0.2) is 4.39 Å². The quantitative estimate of drug-likeness (QED) is 0.851. The van der Waals surface area contributed by atoms with Crippen LogP contribution in [0.25, 0.3) is 0 Å². The molecule has 0 aliphatic heterocycles. The van der Waals surface area contributed by atoms with E-state index < -0.39 is 11.7 Å². The highest BCUT2D eigenvalue weighted by molar-refractivity contribution is 7.80. The first kappa shape index (κ1) is 14.4. The van der Waals surface area contributed by atoms with Crippen LogP contribution in [-0.4, -0.2) is 20.7 Å². The van der Waals surface area contributed by atoms with Crippen LogP contribution in [0.2, 0.25) is 5.02 Å². The number of nitrogens with two attached hydrogens (primary N) is 1. The summed E-state index contributed by atoms with van der Waals surface area (Å²) < 4.78 is 15.0. The summed E-state index contributed by atoms with van der Waals surface area (Å²) in [5.41, 5.74) is 5.67. The van der Waals surface area contributed by atoms with Crippen molar-refractivity contribution in [3.8, 4) is 0 Å². The van der Waals surface area contributed by atoms with Gasteiger partial charge in [0.05, 0.1) is 22.3 Å². The molecule has 0 saturated heterocycles. The number of aryl methyl sites for hydroxylation is 1. The molecular weight excluding hydrogens is 303 g/mol. The molecule has 5 nitrogen and oxygen atoms in total. The van der Waals surface area contributed by atoms with Crippen LogP contribution in [-0.2, 0) is 7.05 Å². The monoisotopic (exact) mass is 312 g/mol. The standard InChI is InChI=1S/C12H10ClFN4OS/c1-18-11(6(5-16-18)10(15)20)17-12(19)9-7(13)3-2-4-8(9)14/h2-5H,1H3,(H2,15,20)(H,17,19). The van der Waals surface area contributed by atoms with Crippen LogP contribution in [0.5, 0.6) is 0 Å². The molecule has 0 unspecified atom stereocenters. The number of thiocarbonyl (C=S) groups is 1. The number of halogens is 2. The number of nitrogens with one attached hydrogen (secondary N) is 1. The van der Waals surface area contributed by atoms with Gasteiger partial charge < -0.3 is 11.1 Å². The predicted octanol–water partition coefficient (Wildman–Crippen LogP) is 2.10. The molecule has 0 fully saturated rings. The predicted molar refractivity (Wildman–Crippen MR) is 78.5 cm³/mol. The minimum absolute atomic E-state index is 0.0153. The smallest absolute Gasteiger partial charge is 0.261 e.